The molecule has 0 aliphatic heterocycles. The van der Waals surface area contributed by atoms with E-state index in [1.165, 1.54) is 116 Å². The summed E-state index contributed by atoms with van der Waals surface area (Å²) in [5, 5.41) is 0. The molecule has 0 heterocycles. The van der Waals surface area contributed by atoms with Gasteiger partial charge in [0, 0.05) is 19.3 Å². The van der Waals surface area contributed by atoms with E-state index in [0.717, 1.165) is 83.5 Å². The lowest BCUT2D eigenvalue weighted by molar-refractivity contribution is -0.167. The molecule has 0 rings (SSSR count). The standard InChI is InChI=1S/C53H92O6/c1-4-7-10-13-16-19-21-23-25-26-28-29-31-34-37-40-43-46-52(55)58-49-50(48-57-51(54)45-42-39-36-33-18-15-12-9-6-3)59-53(56)47-44-41-38-35-32-30-27-24-22-20-17-14-11-8-5-2/h9,12,16,18-20,22-23,25,33,50H,4-8,10-11,13-15,17,21,24,26-32,34-49H2,1-3H3/b12-9-,19-16-,22-20-,25-23-,33-18-. The summed E-state index contributed by atoms with van der Waals surface area (Å²) in [6.45, 7) is 6.43. The van der Waals surface area contributed by atoms with Crippen LogP contribution in [0.15, 0.2) is 60.8 Å². The molecule has 0 aromatic carbocycles. The van der Waals surface area contributed by atoms with E-state index >= 15 is 0 Å². The van der Waals surface area contributed by atoms with E-state index < -0.39 is 6.10 Å². The van der Waals surface area contributed by atoms with Crippen LogP contribution in [0.3, 0.4) is 0 Å². The number of hydrogen-bond donors (Lipinski definition) is 0. The zero-order chi connectivity index (χ0) is 43.0. The second-order valence-electron chi connectivity index (χ2n) is 16.3. The molecule has 0 radical (unpaired) electrons. The monoisotopic (exact) mass is 825 g/mol. The van der Waals surface area contributed by atoms with Gasteiger partial charge in [-0.1, -0.05) is 178 Å². The maximum atomic E-state index is 12.8. The lowest BCUT2D eigenvalue weighted by Gasteiger charge is -2.18. The van der Waals surface area contributed by atoms with Gasteiger partial charge in [-0.25, -0.2) is 0 Å². The first-order valence-corrected chi connectivity index (χ1v) is 24.8. The Labute approximate surface area is 364 Å². The van der Waals surface area contributed by atoms with Gasteiger partial charge >= 0.3 is 17.9 Å². The topological polar surface area (TPSA) is 78.9 Å². The molecule has 340 valence electrons. The fraction of sp³-hybridized carbons (Fsp3) is 0.755. The third-order valence-corrected chi connectivity index (χ3v) is 10.5. The predicted octanol–water partition coefficient (Wildman–Crippen LogP) is 16.1. The molecular weight excluding hydrogens is 733 g/mol. The van der Waals surface area contributed by atoms with Gasteiger partial charge in [0.1, 0.15) is 13.2 Å². The highest BCUT2D eigenvalue weighted by Gasteiger charge is 2.19. The molecule has 1 unspecified atom stereocenters. The van der Waals surface area contributed by atoms with Crippen molar-refractivity contribution < 1.29 is 28.6 Å². The van der Waals surface area contributed by atoms with Gasteiger partial charge in [-0.05, 0) is 103 Å². The summed E-state index contributed by atoms with van der Waals surface area (Å²) in [7, 11) is 0. The van der Waals surface area contributed by atoms with Crippen LogP contribution in [-0.2, 0) is 28.6 Å². The van der Waals surface area contributed by atoms with Crippen molar-refractivity contribution >= 4 is 17.9 Å². The van der Waals surface area contributed by atoms with Crippen LogP contribution < -0.4 is 0 Å². The van der Waals surface area contributed by atoms with Crippen molar-refractivity contribution in [1.82, 2.24) is 0 Å². The van der Waals surface area contributed by atoms with Crippen LogP contribution in [0, 0.1) is 0 Å². The van der Waals surface area contributed by atoms with Crippen molar-refractivity contribution in [2.75, 3.05) is 13.2 Å². The maximum absolute atomic E-state index is 12.8. The Morgan fingerprint density at radius 1 is 0.356 bits per heavy atom. The lowest BCUT2D eigenvalue weighted by Crippen LogP contribution is -2.30. The number of unbranched alkanes of at least 4 members (excludes halogenated alkanes) is 23. The molecule has 1 atom stereocenters. The summed E-state index contributed by atoms with van der Waals surface area (Å²) in [6, 6.07) is 0. The summed E-state index contributed by atoms with van der Waals surface area (Å²) in [6.07, 6.45) is 57.8. The minimum absolute atomic E-state index is 0.0904. The van der Waals surface area contributed by atoms with Crippen molar-refractivity contribution in [3.05, 3.63) is 60.8 Å². The molecule has 0 spiro atoms. The summed E-state index contributed by atoms with van der Waals surface area (Å²) in [5.41, 5.74) is 0. The highest BCUT2D eigenvalue weighted by molar-refractivity contribution is 5.71. The number of carbonyl (C=O) groups is 3. The Morgan fingerprint density at radius 2 is 0.661 bits per heavy atom. The molecule has 0 aliphatic rings. The minimum Gasteiger partial charge on any atom is -0.462 e. The smallest absolute Gasteiger partial charge is 0.306 e. The number of hydrogen-bond acceptors (Lipinski definition) is 6. The maximum Gasteiger partial charge on any atom is 0.306 e. The summed E-state index contributed by atoms with van der Waals surface area (Å²) in [5.74, 6) is -0.940. The van der Waals surface area contributed by atoms with E-state index in [0.29, 0.717) is 19.3 Å². The molecular formula is C53H92O6. The van der Waals surface area contributed by atoms with Gasteiger partial charge in [-0.15, -0.1) is 0 Å². The lowest BCUT2D eigenvalue weighted by atomic mass is 10.1. The van der Waals surface area contributed by atoms with Crippen LogP contribution in [0.5, 0.6) is 0 Å². The Kier molecular flexibility index (Phi) is 45.4. The van der Waals surface area contributed by atoms with E-state index in [1.807, 2.05) is 0 Å². The van der Waals surface area contributed by atoms with E-state index in [9.17, 15) is 14.4 Å². The zero-order valence-electron chi connectivity index (χ0n) is 38.8. The number of esters is 3. The van der Waals surface area contributed by atoms with Crippen molar-refractivity contribution in [3.63, 3.8) is 0 Å². The molecule has 6 nitrogen and oxygen atoms in total. The highest BCUT2D eigenvalue weighted by Crippen LogP contribution is 2.14. The SMILES string of the molecule is CC/C=C\C/C=C\CCCCC(=O)OCC(COC(=O)CCCCCCCCC/C=C\C/C=C\CCCCC)OC(=O)CCCCCCCCC/C=C\CCCCCC. The van der Waals surface area contributed by atoms with E-state index in [-0.39, 0.29) is 31.1 Å². The molecule has 6 heteroatoms. The van der Waals surface area contributed by atoms with Gasteiger partial charge in [0.25, 0.3) is 0 Å². The van der Waals surface area contributed by atoms with Crippen molar-refractivity contribution in [2.45, 2.75) is 245 Å². The van der Waals surface area contributed by atoms with Gasteiger partial charge < -0.3 is 14.2 Å². The minimum atomic E-state index is -0.790. The van der Waals surface area contributed by atoms with Crippen LogP contribution in [0.25, 0.3) is 0 Å². The van der Waals surface area contributed by atoms with Gasteiger partial charge in [0.2, 0.25) is 0 Å². The van der Waals surface area contributed by atoms with Gasteiger partial charge in [-0.3, -0.25) is 14.4 Å². The summed E-state index contributed by atoms with van der Waals surface area (Å²) >= 11 is 0. The Balaban J connectivity index is 4.36. The van der Waals surface area contributed by atoms with Crippen molar-refractivity contribution in [1.29, 1.82) is 0 Å². The second kappa shape index (κ2) is 47.8. The fourth-order valence-corrected chi connectivity index (χ4v) is 6.74. The summed E-state index contributed by atoms with van der Waals surface area (Å²) < 4.78 is 16.7. The third kappa shape index (κ3) is 46.0. The van der Waals surface area contributed by atoms with Crippen molar-refractivity contribution in [3.8, 4) is 0 Å². The molecule has 0 aromatic rings. The molecule has 0 bridgehead atoms. The zero-order valence-corrected chi connectivity index (χ0v) is 38.8. The first kappa shape index (κ1) is 56.1. The van der Waals surface area contributed by atoms with Crippen LogP contribution in [0.1, 0.15) is 239 Å². The van der Waals surface area contributed by atoms with E-state index in [4.69, 9.17) is 14.2 Å². The quantitative estimate of drug-likeness (QED) is 0.0263. The van der Waals surface area contributed by atoms with Gasteiger partial charge in [-0.2, -0.15) is 0 Å². The predicted molar refractivity (Wildman–Crippen MR) is 251 cm³/mol. The Bertz CT molecular complexity index is 1090. The Hall–Kier alpha value is -2.89. The molecule has 0 fully saturated rings. The summed E-state index contributed by atoms with van der Waals surface area (Å²) in [4.78, 5) is 37.8. The largest absolute Gasteiger partial charge is 0.462 e. The second-order valence-corrected chi connectivity index (χ2v) is 16.3. The molecule has 0 saturated heterocycles. The molecule has 0 aliphatic carbocycles. The molecule has 0 saturated carbocycles. The fourth-order valence-electron chi connectivity index (χ4n) is 6.74. The molecule has 0 aromatic heterocycles. The van der Waals surface area contributed by atoms with Crippen LogP contribution >= 0.6 is 0 Å². The molecule has 0 N–H and O–H groups in total. The number of rotatable bonds is 44. The van der Waals surface area contributed by atoms with E-state index in [1.54, 1.807) is 0 Å². The average Bonchev–Trinajstić information content (AvgIpc) is 3.23. The number of ether oxygens (including phenoxy) is 3. The third-order valence-electron chi connectivity index (χ3n) is 10.5. The molecule has 0 amide bonds. The van der Waals surface area contributed by atoms with Gasteiger partial charge in [0.05, 0.1) is 0 Å². The normalized spacial score (nSPS) is 12.5. The van der Waals surface area contributed by atoms with Crippen LogP contribution in [-0.4, -0.2) is 37.2 Å². The first-order valence-electron chi connectivity index (χ1n) is 24.8. The number of allylic oxidation sites excluding steroid dienone is 10. The van der Waals surface area contributed by atoms with Crippen LogP contribution in [0.4, 0.5) is 0 Å². The van der Waals surface area contributed by atoms with Crippen LogP contribution in [0.2, 0.25) is 0 Å². The first-order chi connectivity index (χ1) is 29.0. The highest BCUT2D eigenvalue weighted by atomic mass is 16.6. The van der Waals surface area contributed by atoms with E-state index in [2.05, 4.69) is 81.5 Å². The molecule has 59 heavy (non-hydrogen) atoms. The number of carbonyl (C=O) groups excluding carboxylic acids is 3. The van der Waals surface area contributed by atoms with Crippen molar-refractivity contribution in [2.24, 2.45) is 0 Å². The average molecular weight is 825 g/mol. The van der Waals surface area contributed by atoms with Gasteiger partial charge in [0.15, 0.2) is 6.10 Å². The Morgan fingerprint density at radius 3 is 1.10 bits per heavy atom.